The van der Waals surface area contributed by atoms with E-state index < -0.39 is 18.3 Å². The average molecular weight is 426 g/mol. The lowest BCUT2D eigenvalue weighted by molar-refractivity contribution is 0.00578. The number of fused-ring (bicyclic) bond motifs is 1. The molecule has 1 fully saturated rings. The van der Waals surface area contributed by atoms with Crippen molar-refractivity contribution in [2.75, 3.05) is 0 Å². The number of rotatable bonds is 5. The van der Waals surface area contributed by atoms with E-state index in [2.05, 4.69) is 64.1 Å². The molecule has 1 aliphatic heterocycles. The molecule has 5 rings (SSSR count). The van der Waals surface area contributed by atoms with Crippen molar-refractivity contribution in [1.29, 1.82) is 0 Å². The van der Waals surface area contributed by atoms with Gasteiger partial charge >= 0.3 is 7.12 Å². The van der Waals surface area contributed by atoms with Crippen LogP contribution in [0, 0.1) is 0 Å². The smallest absolute Gasteiger partial charge is 0.489 e. The molecule has 4 nitrogen and oxygen atoms in total. The van der Waals surface area contributed by atoms with Crippen LogP contribution in [0.1, 0.15) is 33.3 Å². The molecule has 0 radical (unpaired) electrons. The lowest BCUT2D eigenvalue weighted by atomic mass is 9.77. The van der Waals surface area contributed by atoms with Crippen LogP contribution in [0.15, 0.2) is 83.5 Å². The minimum Gasteiger partial charge on any atom is -0.489 e. The molecule has 162 valence electrons. The highest BCUT2D eigenvalue weighted by Gasteiger charge is 2.52. The van der Waals surface area contributed by atoms with Crippen LogP contribution in [-0.2, 0) is 15.9 Å². The summed E-state index contributed by atoms with van der Waals surface area (Å²) >= 11 is 0. The van der Waals surface area contributed by atoms with E-state index in [0.717, 1.165) is 33.3 Å². The summed E-state index contributed by atoms with van der Waals surface area (Å²) in [5, 5.41) is 1.01. The second kappa shape index (κ2) is 7.84. The van der Waals surface area contributed by atoms with E-state index in [1.807, 2.05) is 36.4 Å². The van der Waals surface area contributed by atoms with Gasteiger partial charge in [0.15, 0.2) is 0 Å². The van der Waals surface area contributed by atoms with Crippen molar-refractivity contribution in [2.24, 2.45) is 0 Å². The zero-order chi connectivity index (χ0) is 22.3. The van der Waals surface area contributed by atoms with Crippen LogP contribution in [0.4, 0.5) is 0 Å². The fourth-order valence-electron chi connectivity index (χ4n) is 3.97. The number of hydrogen-bond donors (Lipinski definition) is 0. The number of ether oxygens (including phenoxy) is 1. The van der Waals surface area contributed by atoms with E-state index in [9.17, 15) is 0 Å². The normalized spacial score (nSPS) is 17.1. The van der Waals surface area contributed by atoms with Gasteiger partial charge in [-0.05, 0) is 68.7 Å². The van der Waals surface area contributed by atoms with Gasteiger partial charge in [-0.3, -0.25) is 0 Å². The molecule has 0 bridgehead atoms. The van der Waals surface area contributed by atoms with E-state index in [-0.39, 0.29) is 0 Å². The summed E-state index contributed by atoms with van der Waals surface area (Å²) in [5.41, 5.74) is 4.18. The molecule has 2 heterocycles. The molecule has 3 aromatic carbocycles. The first-order valence-corrected chi connectivity index (χ1v) is 11.0. The Morgan fingerprint density at radius 3 is 2.25 bits per heavy atom. The third kappa shape index (κ3) is 3.83. The van der Waals surface area contributed by atoms with Gasteiger partial charge in [0.25, 0.3) is 0 Å². The monoisotopic (exact) mass is 426 g/mol. The fraction of sp³-hybridized carbons (Fsp3) is 0.259. The van der Waals surface area contributed by atoms with Crippen LogP contribution in [-0.4, -0.2) is 18.3 Å². The Kier molecular flexibility index (Phi) is 5.11. The molecular weight excluding hydrogens is 399 g/mol. The Morgan fingerprint density at radius 2 is 1.50 bits per heavy atom. The van der Waals surface area contributed by atoms with Crippen molar-refractivity contribution in [1.82, 2.24) is 0 Å². The summed E-state index contributed by atoms with van der Waals surface area (Å²) in [6.45, 7) is 8.65. The van der Waals surface area contributed by atoms with Crippen molar-refractivity contribution >= 4 is 23.6 Å². The lowest BCUT2D eigenvalue weighted by Crippen LogP contribution is -2.41. The molecule has 1 aliphatic rings. The Labute approximate surface area is 189 Å². The standard InChI is InChI=1S/C27H27BO4/c1-26(2)27(3,4)32-28(31-26)24-16-19(15-22-13-14-29-25(22)24)18-30-23-12-8-11-21(17-23)20-9-6-5-7-10-20/h5-17H,18H2,1-4H3. The van der Waals surface area contributed by atoms with Crippen molar-refractivity contribution in [3.05, 3.63) is 84.6 Å². The number of hydrogen-bond acceptors (Lipinski definition) is 4. The molecule has 5 heteroatoms. The van der Waals surface area contributed by atoms with Gasteiger partial charge in [0.05, 0.1) is 17.5 Å². The molecule has 0 spiro atoms. The summed E-state index contributed by atoms with van der Waals surface area (Å²) in [7, 11) is -0.491. The van der Waals surface area contributed by atoms with Gasteiger partial charge in [0.1, 0.15) is 17.9 Å². The molecule has 0 saturated carbocycles. The molecule has 1 saturated heterocycles. The highest BCUT2D eigenvalue weighted by Crippen LogP contribution is 2.37. The first-order chi connectivity index (χ1) is 15.3. The van der Waals surface area contributed by atoms with Gasteiger partial charge in [0, 0.05) is 10.8 Å². The predicted octanol–water partition coefficient (Wildman–Crippen LogP) is 5.98. The largest absolute Gasteiger partial charge is 0.498 e. The maximum Gasteiger partial charge on any atom is 0.498 e. The van der Waals surface area contributed by atoms with Crippen molar-refractivity contribution < 1.29 is 18.5 Å². The van der Waals surface area contributed by atoms with Gasteiger partial charge in [-0.15, -0.1) is 0 Å². The lowest BCUT2D eigenvalue weighted by Gasteiger charge is -2.32. The summed E-state index contributed by atoms with van der Waals surface area (Å²) in [5.74, 6) is 0.829. The van der Waals surface area contributed by atoms with E-state index in [4.69, 9.17) is 18.5 Å². The molecule has 32 heavy (non-hydrogen) atoms. The van der Waals surface area contributed by atoms with Crippen LogP contribution in [0.5, 0.6) is 5.75 Å². The summed E-state index contributed by atoms with van der Waals surface area (Å²) in [6, 6.07) is 24.6. The van der Waals surface area contributed by atoms with Gasteiger partial charge in [0.2, 0.25) is 0 Å². The molecule has 1 aromatic heterocycles. The first kappa shape index (κ1) is 20.9. The maximum atomic E-state index is 6.29. The van der Waals surface area contributed by atoms with Crippen LogP contribution in [0.3, 0.4) is 0 Å². The Balaban J connectivity index is 1.41. The topological polar surface area (TPSA) is 40.8 Å². The van der Waals surface area contributed by atoms with Crippen LogP contribution < -0.4 is 10.2 Å². The molecular formula is C27H27BO4. The maximum absolute atomic E-state index is 6.29. The van der Waals surface area contributed by atoms with Gasteiger partial charge in [-0.2, -0.15) is 0 Å². The van der Waals surface area contributed by atoms with Crippen molar-refractivity contribution in [2.45, 2.75) is 45.5 Å². The van der Waals surface area contributed by atoms with Crippen molar-refractivity contribution in [3.63, 3.8) is 0 Å². The molecule has 0 amide bonds. The predicted molar refractivity (Wildman–Crippen MR) is 128 cm³/mol. The first-order valence-electron chi connectivity index (χ1n) is 11.0. The van der Waals surface area contributed by atoms with Gasteiger partial charge in [-0.1, -0.05) is 48.5 Å². The highest BCUT2D eigenvalue weighted by molar-refractivity contribution is 6.64. The van der Waals surface area contributed by atoms with E-state index in [0.29, 0.717) is 6.61 Å². The molecule has 0 aliphatic carbocycles. The van der Waals surface area contributed by atoms with E-state index >= 15 is 0 Å². The summed E-state index contributed by atoms with van der Waals surface area (Å²) < 4.78 is 24.5. The van der Waals surface area contributed by atoms with Crippen LogP contribution in [0.2, 0.25) is 0 Å². The van der Waals surface area contributed by atoms with E-state index in [1.54, 1.807) is 6.26 Å². The molecule has 0 N–H and O–H groups in total. The zero-order valence-electron chi connectivity index (χ0n) is 18.9. The molecule has 0 unspecified atom stereocenters. The Hall–Kier alpha value is -3.02. The SMILES string of the molecule is CC1(C)OB(c2cc(COc3cccc(-c4ccccc4)c3)cc3ccoc23)OC1(C)C. The third-order valence-electron chi connectivity index (χ3n) is 6.49. The fourth-order valence-corrected chi connectivity index (χ4v) is 3.97. The highest BCUT2D eigenvalue weighted by atomic mass is 16.7. The minimum atomic E-state index is -0.491. The van der Waals surface area contributed by atoms with Crippen molar-refractivity contribution in [3.8, 4) is 16.9 Å². The number of benzene rings is 3. The minimum absolute atomic E-state index is 0.416. The molecule has 0 atom stereocenters. The van der Waals surface area contributed by atoms with Gasteiger partial charge < -0.3 is 18.5 Å². The molecule has 4 aromatic rings. The van der Waals surface area contributed by atoms with Crippen LogP contribution in [0.25, 0.3) is 22.1 Å². The second-order valence-corrected chi connectivity index (χ2v) is 9.29. The van der Waals surface area contributed by atoms with E-state index in [1.165, 1.54) is 5.56 Å². The zero-order valence-corrected chi connectivity index (χ0v) is 18.9. The Morgan fingerprint density at radius 1 is 0.781 bits per heavy atom. The second-order valence-electron chi connectivity index (χ2n) is 9.29. The summed E-state index contributed by atoms with van der Waals surface area (Å²) in [6.07, 6.45) is 1.70. The average Bonchev–Trinajstić information content (AvgIpc) is 3.33. The third-order valence-corrected chi connectivity index (χ3v) is 6.49. The number of furan rings is 1. The summed E-state index contributed by atoms with van der Waals surface area (Å²) in [4.78, 5) is 0. The van der Waals surface area contributed by atoms with Gasteiger partial charge in [-0.25, -0.2) is 0 Å². The van der Waals surface area contributed by atoms with Crippen LogP contribution >= 0.6 is 0 Å². The Bertz CT molecular complexity index is 1230. The quantitative estimate of drug-likeness (QED) is 0.368.